The molecule has 1 saturated carbocycles. The first-order valence-electron chi connectivity index (χ1n) is 12.6. The largest absolute Gasteiger partial charge is 0.496 e. The predicted octanol–water partition coefficient (Wildman–Crippen LogP) is 5.17. The normalized spacial score (nSPS) is 22.1. The Labute approximate surface area is 202 Å². The molecule has 1 fully saturated rings. The van der Waals surface area contributed by atoms with Gasteiger partial charge in [-0.05, 0) is 56.4 Å². The summed E-state index contributed by atoms with van der Waals surface area (Å²) in [6, 6.07) is 14.9. The molecule has 1 aliphatic heterocycles. The van der Waals surface area contributed by atoms with E-state index in [0.717, 1.165) is 51.4 Å². The summed E-state index contributed by atoms with van der Waals surface area (Å²) in [6.07, 6.45) is 7.62. The van der Waals surface area contributed by atoms with Crippen LogP contribution < -0.4 is 9.47 Å². The van der Waals surface area contributed by atoms with Crippen LogP contribution in [0.3, 0.4) is 0 Å². The van der Waals surface area contributed by atoms with Gasteiger partial charge in [0.25, 0.3) is 11.8 Å². The Bertz CT molecular complexity index is 992. The molecule has 1 aliphatic carbocycles. The standard InChI is InChI=1S/C28H36N2O4/c1-29-19-11-3-4-12-20-30(28(32)21-13-5-8-16-24(21)33-2)23-15-7-10-18-26(23)34-25-17-9-6-14-22(25)27(29)31/h5-6,8-9,13-14,16-17,23,26H,3-4,7,10-12,15,18-20H2,1-2H3/t23-,26+/m1/s1. The Morgan fingerprint density at radius 1 is 0.912 bits per heavy atom. The molecule has 2 aromatic rings. The minimum atomic E-state index is -0.158. The Morgan fingerprint density at radius 2 is 1.62 bits per heavy atom. The number of hydrogen-bond acceptors (Lipinski definition) is 4. The number of nitrogens with zero attached hydrogens (tertiary/aromatic N) is 2. The van der Waals surface area contributed by atoms with Crippen molar-refractivity contribution in [2.45, 2.75) is 63.5 Å². The molecule has 2 aliphatic rings. The van der Waals surface area contributed by atoms with Crippen molar-refractivity contribution >= 4 is 11.8 Å². The van der Waals surface area contributed by atoms with E-state index >= 15 is 0 Å². The van der Waals surface area contributed by atoms with Crippen LogP contribution in [0.15, 0.2) is 48.5 Å². The molecule has 0 radical (unpaired) electrons. The van der Waals surface area contributed by atoms with E-state index in [9.17, 15) is 9.59 Å². The predicted molar refractivity (Wildman–Crippen MR) is 133 cm³/mol. The van der Waals surface area contributed by atoms with Crippen molar-refractivity contribution in [1.29, 1.82) is 0 Å². The highest BCUT2D eigenvalue weighted by Crippen LogP contribution is 2.32. The molecule has 0 N–H and O–H groups in total. The Kier molecular flexibility index (Phi) is 8.09. The van der Waals surface area contributed by atoms with E-state index in [1.807, 2.05) is 60.5 Å². The van der Waals surface area contributed by atoms with Crippen molar-refractivity contribution in [3.8, 4) is 11.5 Å². The van der Waals surface area contributed by atoms with E-state index in [1.54, 1.807) is 12.0 Å². The fourth-order valence-electron chi connectivity index (χ4n) is 5.17. The fourth-order valence-corrected chi connectivity index (χ4v) is 5.17. The molecule has 0 unspecified atom stereocenters. The molecule has 6 heteroatoms. The zero-order valence-corrected chi connectivity index (χ0v) is 20.4. The minimum Gasteiger partial charge on any atom is -0.496 e. The van der Waals surface area contributed by atoms with E-state index in [2.05, 4.69) is 0 Å². The van der Waals surface area contributed by atoms with Gasteiger partial charge in [-0.25, -0.2) is 0 Å². The molecule has 182 valence electrons. The number of rotatable bonds is 2. The molecule has 2 aromatic carbocycles. The zero-order valence-electron chi connectivity index (χ0n) is 20.4. The van der Waals surface area contributed by atoms with Crippen LogP contribution in [0, 0.1) is 0 Å². The van der Waals surface area contributed by atoms with Gasteiger partial charge in [0.2, 0.25) is 0 Å². The third-order valence-corrected chi connectivity index (χ3v) is 7.05. The zero-order chi connectivity index (χ0) is 23.9. The summed E-state index contributed by atoms with van der Waals surface area (Å²) in [5.74, 6) is 1.19. The van der Waals surface area contributed by atoms with Crippen LogP contribution in [-0.2, 0) is 0 Å². The number of carbonyl (C=O) groups excluding carboxylic acids is 2. The number of carbonyl (C=O) groups is 2. The summed E-state index contributed by atoms with van der Waals surface area (Å²) in [7, 11) is 3.47. The number of fused-ring (bicyclic) bond motifs is 2. The average molecular weight is 465 g/mol. The van der Waals surface area contributed by atoms with Gasteiger partial charge in [-0.2, -0.15) is 0 Å². The van der Waals surface area contributed by atoms with Gasteiger partial charge >= 0.3 is 0 Å². The molecular weight excluding hydrogens is 428 g/mol. The molecular formula is C28H36N2O4. The number of ether oxygens (including phenoxy) is 2. The second-order valence-electron chi connectivity index (χ2n) is 9.34. The van der Waals surface area contributed by atoms with E-state index < -0.39 is 0 Å². The van der Waals surface area contributed by atoms with E-state index in [4.69, 9.17) is 9.47 Å². The van der Waals surface area contributed by atoms with Crippen LogP contribution >= 0.6 is 0 Å². The maximum atomic E-state index is 13.8. The van der Waals surface area contributed by atoms with Crippen molar-refractivity contribution in [1.82, 2.24) is 9.80 Å². The van der Waals surface area contributed by atoms with Crippen LogP contribution in [-0.4, -0.2) is 61.0 Å². The first-order chi connectivity index (χ1) is 16.6. The maximum Gasteiger partial charge on any atom is 0.257 e. The van der Waals surface area contributed by atoms with Crippen molar-refractivity contribution in [3.05, 3.63) is 59.7 Å². The van der Waals surface area contributed by atoms with Crippen molar-refractivity contribution in [2.24, 2.45) is 0 Å². The number of para-hydroxylation sites is 2. The first-order valence-corrected chi connectivity index (χ1v) is 12.6. The van der Waals surface area contributed by atoms with Gasteiger partial charge in [0, 0.05) is 20.1 Å². The summed E-state index contributed by atoms with van der Waals surface area (Å²) < 4.78 is 12.1. The topological polar surface area (TPSA) is 59.1 Å². The molecule has 6 nitrogen and oxygen atoms in total. The molecule has 0 saturated heterocycles. The van der Waals surface area contributed by atoms with Gasteiger partial charge < -0.3 is 19.3 Å². The number of hydrogen-bond donors (Lipinski definition) is 0. The highest BCUT2D eigenvalue weighted by Gasteiger charge is 2.36. The average Bonchev–Trinajstić information content (AvgIpc) is 2.88. The van der Waals surface area contributed by atoms with Crippen LogP contribution in [0.4, 0.5) is 0 Å². The highest BCUT2D eigenvalue weighted by atomic mass is 16.5. The number of amides is 2. The van der Waals surface area contributed by atoms with E-state index in [0.29, 0.717) is 35.7 Å². The SMILES string of the molecule is COc1ccccc1C(=O)N1CCCCCCN(C)C(=O)c2ccccc2O[C@H]2CCCC[C@H]21. The van der Waals surface area contributed by atoms with Gasteiger partial charge in [-0.3, -0.25) is 9.59 Å². The summed E-state index contributed by atoms with van der Waals surface area (Å²) in [4.78, 5) is 30.8. The molecule has 0 spiro atoms. The van der Waals surface area contributed by atoms with Gasteiger partial charge in [0.05, 0.1) is 24.3 Å². The molecule has 1 heterocycles. The lowest BCUT2D eigenvalue weighted by Gasteiger charge is -2.40. The van der Waals surface area contributed by atoms with Crippen molar-refractivity contribution in [3.63, 3.8) is 0 Å². The lowest BCUT2D eigenvalue weighted by molar-refractivity contribution is 0.0265. The second-order valence-corrected chi connectivity index (χ2v) is 9.34. The minimum absolute atomic E-state index is 0.00543. The number of methoxy groups -OCH3 is 1. The molecule has 2 amide bonds. The summed E-state index contributed by atoms with van der Waals surface area (Å²) in [5.41, 5.74) is 1.18. The summed E-state index contributed by atoms with van der Waals surface area (Å²) in [5, 5.41) is 0. The second kappa shape index (κ2) is 11.4. The Hall–Kier alpha value is -3.02. The van der Waals surface area contributed by atoms with Crippen molar-refractivity contribution < 1.29 is 19.1 Å². The summed E-state index contributed by atoms with van der Waals surface area (Å²) in [6.45, 7) is 1.40. The Morgan fingerprint density at radius 3 is 2.44 bits per heavy atom. The first kappa shape index (κ1) is 24.1. The smallest absolute Gasteiger partial charge is 0.257 e. The molecule has 0 aromatic heterocycles. The third kappa shape index (κ3) is 5.37. The van der Waals surface area contributed by atoms with Gasteiger partial charge in [0.15, 0.2) is 0 Å². The summed E-state index contributed by atoms with van der Waals surface area (Å²) >= 11 is 0. The third-order valence-electron chi connectivity index (χ3n) is 7.05. The lowest BCUT2D eigenvalue weighted by Crippen LogP contribution is -2.51. The van der Waals surface area contributed by atoms with Crippen LogP contribution in [0.1, 0.15) is 72.1 Å². The van der Waals surface area contributed by atoms with Gasteiger partial charge in [-0.1, -0.05) is 43.5 Å². The number of benzene rings is 2. The lowest BCUT2D eigenvalue weighted by atomic mass is 9.90. The quantitative estimate of drug-likeness (QED) is 0.615. The molecule has 0 bridgehead atoms. The molecule has 4 rings (SSSR count). The van der Waals surface area contributed by atoms with Crippen LogP contribution in [0.25, 0.3) is 0 Å². The van der Waals surface area contributed by atoms with E-state index in [-0.39, 0.29) is 24.0 Å². The van der Waals surface area contributed by atoms with E-state index in [1.165, 1.54) is 0 Å². The van der Waals surface area contributed by atoms with Gasteiger partial charge in [-0.15, -0.1) is 0 Å². The Balaban J connectivity index is 1.69. The van der Waals surface area contributed by atoms with Crippen LogP contribution in [0.5, 0.6) is 11.5 Å². The maximum absolute atomic E-state index is 13.8. The van der Waals surface area contributed by atoms with Crippen molar-refractivity contribution in [2.75, 3.05) is 27.2 Å². The fraction of sp³-hybridized carbons (Fsp3) is 0.500. The monoisotopic (exact) mass is 464 g/mol. The van der Waals surface area contributed by atoms with Crippen LogP contribution in [0.2, 0.25) is 0 Å². The highest BCUT2D eigenvalue weighted by molar-refractivity contribution is 5.97. The molecule has 34 heavy (non-hydrogen) atoms. The molecule has 2 atom stereocenters. The van der Waals surface area contributed by atoms with Gasteiger partial charge in [0.1, 0.15) is 17.6 Å².